The second-order valence-corrected chi connectivity index (χ2v) is 5.77. The third-order valence-corrected chi connectivity index (χ3v) is 4.20. The number of rotatable bonds is 6. The van der Waals surface area contributed by atoms with Crippen LogP contribution < -0.4 is 0 Å². The van der Waals surface area contributed by atoms with E-state index in [0.29, 0.717) is 12.6 Å². The zero-order chi connectivity index (χ0) is 15.4. The van der Waals surface area contributed by atoms with Crippen LogP contribution >= 0.6 is 0 Å². The summed E-state index contributed by atoms with van der Waals surface area (Å²) in [5.41, 5.74) is 2.37. The van der Waals surface area contributed by atoms with Crippen LogP contribution in [0.5, 0.6) is 0 Å². The van der Waals surface area contributed by atoms with Gasteiger partial charge in [0.15, 0.2) is 0 Å². The molecule has 1 atom stereocenters. The van der Waals surface area contributed by atoms with Gasteiger partial charge in [-0.1, -0.05) is 0 Å². The third kappa shape index (κ3) is 4.28. The van der Waals surface area contributed by atoms with Gasteiger partial charge in [-0.05, 0) is 26.7 Å². The Morgan fingerprint density at radius 3 is 2.71 bits per heavy atom. The first-order valence-corrected chi connectivity index (χ1v) is 7.55. The van der Waals surface area contributed by atoms with E-state index in [1.54, 1.807) is 0 Å². The minimum Gasteiger partial charge on any atom is -0.481 e. The lowest BCUT2D eigenvalue weighted by atomic mass is 10.0. The number of nitrogens with zero attached hydrogens (tertiary/aromatic N) is 3. The van der Waals surface area contributed by atoms with Crippen LogP contribution in [-0.4, -0.2) is 51.6 Å². The average molecular weight is 295 g/mol. The number of piperidine rings is 1. The van der Waals surface area contributed by atoms with Crippen LogP contribution in [0, 0.1) is 6.92 Å². The van der Waals surface area contributed by atoms with Crippen LogP contribution in [0.4, 0.5) is 0 Å². The number of hydrogen-bond donors (Lipinski definition) is 1. The number of likely N-dealkylation sites (tertiary alicyclic amines) is 1. The summed E-state index contributed by atoms with van der Waals surface area (Å²) in [4.78, 5) is 12.9. The predicted molar refractivity (Wildman–Crippen MR) is 79.2 cm³/mol. The molecule has 6 nitrogen and oxygen atoms in total. The predicted octanol–water partition coefficient (Wildman–Crippen LogP) is 1.75. The number of aromatic nitrogens is 2. The number of aryl methyl sites for hydroxylation is 2. The minimum atomic E-state index is -0.798. The SMILES string of the molecule is Cc1nn(C)cc1C(C)N1CCC(OCCC(=O)O)CC1. The Morgan fingerprint density at radius 1 is 1.52 bits per heavy atom. The van der Waals surface area contributed by atoms with Crippen molar-refractivity contribution in [1.82, 2.24) is 14.7 Å². The Balaban J connectivity index is 1.80. The van der Waals surface area contributed by atoms with E-state index in [-0.39, 0.29) is 12.5 Å². The first kappa shape index (κ1) is 16.0. The minimum absolute atomic E-state index is 0.0888. The quantitative estimate of drug-likeness (QED) is 0.866. The molecular weight excluding hydrogens is 270 g/mol. The molecule has 0 aliphatic carbocycles. The highest BCUT2D eigenvalue weighted by atomic mass is 16.5. The molecule has 0 radical (unpaired) electrons. The number of carboxylic acids is 1. The van der Waals surface area contributed by atoms with Gasteiger partial charge in [-0.25, -0.2) is 0 Å². The topological polar surface area (TPSA) is 67.6 Å². The molecule has 0 bridgehead atoms. The third-order valence-electron chi connectivity index (χ3n) is 4.20. The monoisotopic (exact) mass is 295 g/mol. The molecule has 1 aliphatic heterocycles. The van der Waals surface area contributed by atoms with Crippen molar-refractivity contribution in [2.24, 2.45) is 7.05 Å². The van der Waals surface area contributed by atoms with Gasteiger partial charge in [-0.15, -0.1) is 0 Å². The van der Waals surface area contributed by atoms with Crippen molar-refractivity contribution in [1.29, 1.82) is 0 Å². The van der Waals surface area contributed by atoms with E-state index in [4.69, 9.17) is 9.84 Å². The molecule has 0 spiro atoms. The zero-order valence-corrected chi connectivity index (χ0v) is 13.1. The highest BCUT2D eigenvalue weighted by Crippen LogP contribution is 2.26. The molecule has 0 aromatic carbocycles. The van der Waals surface area contributed by atoms with E-state index in [1.165, 1.54) is 5.56 Å². The average Bonchev–Trinajstić information content (AvgIpc) is 2.77. The molecule has 0 amide bonds. The molecule has 1 fully saturated rings. The summed E-state index contributed by atoms with van der Waals surface area (Å²) in [5, 5.41) is 13.0. The van der Waals surface area contributed by atoms with Crippen molar-refractivity contribution < 1.29 is 14.6 Å². The maximum atomic E-state index is 10.5. The van der Waals surface area contributed by atoms with Gasteiger partial charge in [-0.2, -0.15) is 5.10 Å². The lowest BCUT2D eigenvalue weighted by Gasteiger charge is -2.35. The van der Waals surface area contributed by atoms with Crippen LogP contribution in [0.15, 0.2) is 6.20 Å². The van der Waals surface area contributed by atoms with E-state index in [9.17, 15) is 4.79 Å². The van der Waals surface area contributed by atoms with Gasteiger partial charge in [0.25, 0.3) is 0 Å². The second-order valence-electron chi connectivity index (χ2n) is 5.77. The van der Waals surface area contributed by atoms with Gasteiger partial charge in [0, 0.05) is 37.9 Å². The van der Waals surface area contributed by atoms with Gasteiger partial charge < -0.3 is 9.84 Å². The molecule has 0 saturated carbocycles. The summed E-state index contributed by atoms with van der Waals surface area (Å²) in [6.07, 6.45) is 4.30. The lowest BCUT2D eigenvalue weighted by Crippen LogP contribution is -2.38. The maximum Gasteiger partial charge on any atom is 0.305 e. The molecule has 1 aromatic rings. The first-order valence-electron chi connectivity index (χ1n) is 7.55. The number of aliphatic carboxylic acids is 1. The molecule has 6 heteroatoms. The highest BCUT2D eigenvalue weighted by Gasteiger charge is 2.25. The Hall–Kier alpha value is -1.40. The summed E-state index contributed by atoms with van der Waals surface area (Å²) in [6, 6.07) is 0.360. The second kappa shape index (κ2) is 7.04. The van der Waals surface area contributed by atoms with Gasteiger partial charge in [0.2, 0.25) is 0 Å². The standard InChI is InChI=1S/C15H25N3O3/c1-11-14(10-17(3)16-11)12(2)18-7-4-13(5-8-18)21-9-6-15(19)20/h10,12-13H,4-9H2,1-3H3,(H,19,20). The van der Waals surface area contributed by atoms with Crippen LogP contribution in [0.3, 0.4) is 0 Å². The largest absolute Gasteiger partial charge is 0.481 e. The molecule has 1 unspecified atom stereocenters. The molecule has 1 N–H and O–H groups in total. The molecule has 118 valence electrons. The Morgan fingerprint density at radius 2 is 2.19 bits per heavy atom. The van der Waals surface area contributed by atoms with Gasteiger partial charge in [0.1, 0.15) is 0 Å². The molecule has 2 rings (SSSR count). The number of ether oxygens (including phenoxy) is 1. The highest BCUT2D eigenvalue weighted by molar-refractivity contribution is 5.66. The van der Waals surface area contributed by atoms with Crippen LogP contribution in [0.25, 0.3) is 0 Å². The maximum absolute atomic E-state index is 10.5. The summed E-state index contributed by atoms with van der Waals surface area (Å²) >= 11 is 0. The number of carboxylic acid groups (broad SMARTS) is 1. The van der Waals surface area contributed by atoms with Crippen molar-refractivity contribution in [2.75, 3.05) is 19.7 Å². The fourth-order valence-electron chi connectivity index (χ4n) is 2.97. The summed E-state index contributed by atoms with van der Waals surface area (Å²) in [5.74, 6) is -0.798. The van der Waals surface area contributed by atoms with E-state index < -0.39 is 5.97 Å². The Labute approximate surface area is 125 Å². The summed E-state index contributed by atoms with van der Waals surface area (Å²) in [7, 11) is 1.95. The molecular formula is C15H25N3O3. The summed E-state index contributed by atoms with van der Waals surface area (Å²) in [6.45, 7) is 6.54. The van der Waals surface area contributed by atoms with Crippen molar-refractivity contribution in [3.8, 4) is 0 Å². The fraction of sp³-hybridized carbons (Fsp3) is 0.733. The van der Waals surface area contributed by atoms with E-state index in [1.807, 2.05) is 18.7 Å². The zero-order valence-electron chi connectivity index (χ0n) is 13.1. The molecule has 1 aromatic heterocycles. The molecule has 2 heterocycles. The Bertz CT molecular complexity index is 479. The van der Waals surface area contributed by atoms with Crippen molar-refractivity contribution in [3.05, 3.63) is 17.5 Å². The van der Waals surface area contributed by atoms with Gasteiger partial charge >= 0.3 is 5.97 Å². The number of carbonyl (C=O) groups is 1. The van der Waals surface area contributed by atoms with Crippen LogP contribution in [0.2, 0.25) is 0 Å². The first-order chi connectivity index (χ1) is 9.97. The smallest absolute Gasteiger partial charge is 0.305 e. The molecule has 1 saturated heterocycles. The Kier molecular flexibility index (Phi) is 5.36. The molecule has 21 heavy (non-hydrogen) atoms. The number of hydrogen-bond acceptors (Lipinski definition) is 4. The normalized spacial score (nSPS) is 18.8. The molecule has 1 aliphatic rings. The van der Waals surface area contributed by atoms with E-state index >= 15 is 0 Å². The van der Waals surface area contributed by atoms with E-state index in [0.717, 1.165) is 31.6 Å². The van der Waals surface area contributed by atoms with Crippen molar-refractivity contribution >= 4 is 5.97 Å². The van der Waals surface area contributed by atoms with Crippen LogP contribution in [0.1, 0.15) is 43.5 Å². The van der Waals surface area contributed by atoms with E-state index in [2.05, 4.69) is 23.1 Å². The fourth-order valence-corrected chi connectivity index (χ4v) is 2.97. The van der Waals surface area contributed by atoms with Crippen molar-refractivity contribution in [3.63, 3.8) is 0 Å². The lowest BCUT2D eigenvalue weighted by molar-refractivity contribution is -0.138. The van der Waals surface area contributed by atoms with Crippen LogP contribution in [-0.2, 0) is 16.6 Å². The summed E-state index contributed by atoms with van der Waals surface area (Å²) < 4.78 is 7.50. The van der Waals surface area contributed by atoms with Crippen molar-refractivity contribution in [2.45, 2.75) is 45.3 Å². The van der Waals surface area contributed by atoms with Gasteiger partial charge in [-0.3, -0.25) is 14.4 Å². The van der Waals surface area contributed by atoms with Gasteiger partial charge in [0.05, 0.1) is 24.8 Å².